The number of carbonyl (C=O) groups excluding carboxylic acids is 1. The molecule has 0 heterocycles. The summed E-state index contributed by atoms with van der Waals surface area (Å²) >= 11 is 0. The Hall–Kier alpha value is -2.15. The van der Waals surface area contributed by atoms with Crippen molar-refractivity contribution in [2.75, 3.05) is 13.7 Å². The molecule has 0 aliphatic heterocycles. The van der Waals surface area contributed by atoms with Crippen LogP contribution in [0.5, 0.6) is 5.75 Å². The molecule has 0 saturated heterocycles. The summed E-state index contributed by atoms with van der Waals surface area (Å²) in [5.41, 5.74) is -0.119. The van der Waals surface area contributed by atoms with E-state index in [9.17, 15) is 14.9 Å². The van der Waals surface area contributed by atoms with Crippen LogP contribution in [-0.4, -0.2) is 35.7 Å². The first-order valence-electron chi connectivity index (χ1n) is 5.77. The van der Waals surface area contributed by atoms with E-state index in [1.54, 1.807) is 0 Å². The SMILES string of the molecule is CCC(CO)NC(=O)c1ccc(OC)c([N+](=O)[O-])c1. The molecule has 0 saturated carbocycles. The number of nitrogens with one attached hydrogen (secondary N) is 1. The Morgan fingerprint density at radius 2 is 2.26 bits per heavy atom. The summed E-state index contributed by atoms with van der Waals surface area (Å²) in [5, 5.41) is 22.4. The van der Waals surface area contributed by atoms with Gasteiger partial charge in [0.05, 0.1) is 24.7 Å². The number of amides is 1. The number of hydrogen-bond donors (Lipinski definition) is 2. The summed E-state index contributed by atoms with van der Waals surface area (Å²) in [4.78, 5) is 22.1. The summed E-state index contributed by atoms with van der Waals surface area (Å²) < 4.78 is 4.85. The molecule has 1 aromatic carbocycles. The van der Waals surface area contributed by atoms with E-state index in [-0.39, 0.29) is 29.6 Å². The number of aliphatic hydroxyl groups excluding tert-OH is 1. The molecule has 1 unspecified atom stereocenters. The lowest BCUT2D eigenvalue weighted by molar-refractivity contribution is -0.385. The van der Waals surface area contributed by atoms with Gasteiger partial charge < -0.3 is 15.2 Å². The van der Waals surface area contributed by atoms with Gasteiger partial charge in [-0.15, -0.1) is 0 Å². The monoisotopic (exact) mass is 268 g/mol. The van der Waals surface area contributed by atoms with Crippen LogP contribution in [0.15, 0.2) is 18.2 Å². The highest BCUT2D eigenvalue weighted by Crippen LogP contribution is 2.27. The smallest absolute Gasteiger partial charge is 0.311 e. The molecule has 0 radical (unpaired) electrons. The largest absolute Gasteiger partial charge is 0.490 e. The molecular weight excluding hydrogens is 252 g/mol. The predicted molar refractivity (Wildman–Crippen MR) is 68.3 cm³/mol. The first-order valence-corrected chi connectivity index (χ1v) is 5.77. The van der Waals surface area contributed by atoms with E-state index in [4.69, 9.17) is 9.84 Å². The maximum Gasteiger partial charge on any atom is 0.311 e. The molecule has 0 aromatic heterocycles. The molecule has 1 amide bonds. The van der Waals surface area contributed by atoms with Crippen LogP contribution in [0, 0.1) is 10.1 Å². The van der Waals surface area contributed by atoms with Crippen LogP contribution in [0.4, 0.5) is 5.69 Å². The highest BCUT2D eigenvalue weighted by molar-refractivity contribution is 5.95. The van der Waals surface area contributed by atoms with E-state index < -0.39 is 10.8 Å². The third kappa shape index (κ3) is 3.65. The van der Waals surface area contributed by atoms with Crippen molar-refractivity contribution in [2.24, 2.45) is 0 Å². The second-order valence-corrected chi connectivity index (χ2v) is 3.90. The Morgan fingerprint density at radius 3 is 2.74 bits per heavy atom. The molecule has 2 N–H and O–H groups in total. The van der Waals surface area contributed by atoms with E-state index in [2.05, 4.69) is 5.32 Å². The van der Waals surface area contributed by atoms with Crippen molar-refractivity contribution >= 4 is 11.6 Å². The molecule has 104 valence electrons. The molecule has 7 nitrogen and oxygen atoms in total. The van der Waals surface area contributed by atoms with E-state index >= 15 is 0 Å². The van der Waals surface area contributed by atoms with E-state index in [1.807, 2.05) is 6.92 Å². The Bertz CT molecular complexity index is 471. The van der Waals surface area contributed by atoms with Gasteiger partial charge in [-0.3, -0.25) is 14.9 Å². The number of hydrogen-bond acceptors (Lipinski definition) is 5. The Morgan fingerprint density at radius 1 is 1.58 bits per heavy atom. The van der Waals surface area contributed by atoms with Gasteiger partial charge in [-0.1, -0.05) is 6.92 Å². The van der Waals surface area contributed by atoms with Gasteiger partial charge >= 0.3 is 5.69 Å². The molecule has 1 atom stereocenters. The minimum absolute atomic E-state index is 0.0933. The van der Waals surface area contributed by atoms with E-state index in [0.29, 0.717) is 6.42 Å². The number of nitrogens with zero attached hydrogens (tertiary/aromatic N) is 1. The number of benzene rings is 1. The Labute approximate surface area is 110 Å². The fourth-order valence-electron chi connectivity index (χ4n) is 1.52. The molecule has 0 spiro atoms. The fourth-order valence-corrected chi connectivity index (χ4v) is 1.52. The lowest BCUT2D eigenvalue weighted by Crippen LogP contribution is -2.36. The normalized spacial score (nSPS) is 11.7. The molecule has 0 aliphatic carbocycles. The summed E-state index contributed by atoms with van der Waals surface area (Å²) in [6, 6.07) is 3.59. The topological polar surface area (TPSA) is 102 Å². The van der Waals surface area contributed by atoms with Crippen LogP contribution < -0.4 is 10.1 Å². The lowest BCUT2D eigenvalue weighted by Gasteiger charge is -2.14. The highest BCUT2D eigenvalue weighted by Gasteiger charge is 2.19. The quantitative estimate of drug-likeness (QED) is 0.594. The molecule has 0 fully saturated rings. The van der Waals surface area contributed by atoms with E-state index in [1.165, 1.54) is 19.2 Å². The minimum atomic E-state index is -0.612. The zero-order valence-corrected chi connectivity index (χ0v) is 10.8. The van der Waals surface area contributed by atoms with Crippen molar-refractivity contribution in [3.05, 3.63) is 33.9 Å². The number of nitro benzene ring substituents is 1. The molecule has 19 heavy (non-hydrogen) atoms. The van der Waals surface area contributed by atoms with Crippen molar-refractivity contribution in [3.63, 3.8) is 0 Å². The lowest BCUT2D eigenvalue weighted by atomic mass is 10.1. The summed E-state index contributed by atoms with van der Waals surface area (Å²) in [7, 11) is 1.32. The van der Waals surface area contributed by atoms with Crippen molar-refractivity contribution < 1.29 is 19.6 Å². The average Bonchev–Trinajstić information content (AvgIpc) is 2.43. The number of nitro groups is 1. The van der Waals surface area contributed by atoms with Gasteiger partial charge in [0.1, 0.15) is 0 Å². The third-order valence-corrected chi connectivity index (χ3v) is 2.69. The first kappa shape index (κ1) is 14.9. The van der Waals surface area contributed by atoms with Crippen LogP contribution in [-0.2, 0) is 0 Å². The highest BCUT2D eigenvalue weighted by atomic mass is 16.6. The predicted octanol–water partition coefficient (Wildman–Crippen LogP) is 1.10. The Balaban J connectivity index is 2.98. The maximum absolute atomic E-state index is 11.9. The van der Waals surface area contributed by atoms with Gasteiger partial charge in [-0.2, -0.15) is 0 Å². The summed E-state index contributed by atoms with van der Waals surface area (Å²) in [6.45, 7) is 1.64. The Kier molecular flexibility index (Phi) is 5.25. The van der Waals surface area contributed by atoms with Gasteiger partial charge in [-0.05, 0) is 18.6 Å². The van der Waals surface area contributed by atoms with Crippen LogP contribution in [0.2, 0.25) is 0 Å². The van der Waals surface area contributed by atoms with Gasteiger partial charge in [-0.25, -0.2) is 0 Å². The van der Waals surface area contributed by atoms with E-state index in [0.717, 1.165) is 6.07 Å². The first-order chi connectivity index (χ1) is 9.03. The summed E-state index contributed by atoms with van der Waals surface area (Å²) in [5.74, 6) is -0.373. The molecule has 1 aromatic rings. The molecule has 0 aliphatic rings. The zero-order chi connectivity index (χ0) is 14.4. The van der Waals surface area contributed by atoms with Crippen molar-refractivity contribution in [3.8, 4) is 5.75 Å². The van der Waals surface area contributed by atoms with Crippen molar-refractivity contribution in [1.82, 2.24) is 5.32 Å². The van der Waals surface area contributed by atoms with Crippen molar-refractivity contribution in [1.29, 1.82) is 0 Å². The maximum atomic E-state index is 11.9. The second-order valence-electron chi connectivity index (χ2n) is 3.90. The standard InChI is InChI=1S/C12H16N2O5/c1-3-9(7-15)13-12(16)8-4-5-11(19-2)10(6-8)14(17)18/h4-6,9,15H,3,7H2,1-2H3,(H,13,16). The van der Waals surface area contributed by atoms with Gasteiger partial charge in [0.15, 0.2) is 5.75 Å². The van der Waals surface area contributed by atoms with Crippen LogP contribution in [0.1, 0.15) is 23.7 Å². The number of methoxy groups -OCH3 is 1. The second kappa shape index (κ2) is 6.69. The molecule has 7 heteroatoms. The van der Waals surface area contributed by atoms with Gasteiger partial charge in [0, 0.05) is 11.6 Å². The molecule has 1 rings (SSSR count). The van der Waals surface area contributed by atoms with Gasteiger partial charge in [0.25, 0.3) is 5.91 Å². The van der Waals surface area contributed by atoms with Crippen LogP contribution in [0.25, 0.3) is 0 Å². The number of aliphatic hydroxyl groups is 1. The average molecular weight is 268 g/mol. The number of rotatable bonds is 6. The minimum Gasteiger partial charge on any atom is -0.490 e. The number of carbonyl (C=O) groups is 1. The molecule has 0 bridgehead atoms. The van der Waals surface area contributed by atoms with Gasteiger partial charge in [0.2, 0.25) is 0 Å². The van der Waals surface area contributed by atoms with Crippen molar-refractivity contribution in [2.45, 2.75) is 19.4 Å². The van der Waals surface area contributed by atoms with Crippen LogP contribution in [0.3, 0.4) is 0 Å². The summed E-state index contributed by atoms with van der Waals surface area (Å²) in [6.07, 6.45) is 0.570. The van der Waals surface area contributed by atoms with Crippen LogP contribution >= 0.6 is 0 Å². The fraction of sp³-hybridized carbons (Fsp3) is 0.417. The third-order valence-electron chi connectivity index (χ3n) is 2.69. The molecular formula is C12H16N2O5. The number of ether oxygens (including phenoxy) is 1. The zero-order valence-electron chi connectivity index (χ0n) is 10.8.